The quantitative estimate of drug-likeness (QED) is 0.250. The molecule has 1 saturated carbocycles. The van der Waals surface area contributed by atoms with Crippen LogP contribution in [0.4, 0.5) is 0 Å². The summed E-state index contributed by atoms with van der Waals surface area (Å²) in [4.78, 5) is 12.5. The highest BCUT2D eigenvalue weighted by Crippen LogP contribution is 2.43. The van der Waals surface area contributed by atoms with E-state index >= 15 is 0 Å². The fourth-order valence-electron chi connectivity index (χ4n) is 4.42. The number of ether oxygens (including phenoxy) is 1. The number of aryl methyl sites for hydroxylation is 3. The summed E-state index contributed by atoms with van der Waals surface area (Å²) in [6.45, 7) is 6.10. The lowest BCUT2D eigenvalue weighted by atomic mass is 10.0. The van der Waals surface area contributed by atoms with Crippen molar-refractivity contribution >= 4 is 6.21 Å². The number of hydrogen-bond donors (Lipinski definition) is 1. The Balaban J connectivity index is 1.45. The number of rotatable bonds is 7. The van der Waals surface area contributed by atoms with Gasteiger partial charge in [-0.3, -0.25) is 0 Å². The Morgan fingerprint density at radius 2 is 1.94 bits per heavy atom. The molecule has 5 rings (SSSR count). The maximum atomic E-state index is 12.5. The first kappa shape index (κ1) is 22.6. The average molecular weight is 474 g/mol. The zero-order chi connectivity index (χ0) is 24.7. The van der Waals surface area contributed by atoms with Gasteiger partial charge in [-0.15, -0.1) is 0 Å². The van der Waals surface area contributed by atoms with Crippen LogP contribution in [0.2, 0.25) is 0 Å². The van der Waals surface area contributed by atoms with Crippen molar-refractivity contribution in [1.82, 2.24) is 29.6 Å². The molecular formula is C25H27N7O3. The van der Waals surface area contributed by atoms with E-state index in [9.17, 15) is 4.79 Å². The van der Waals surface area contributed by atoms with E-state index in [1.54, 1.807) is 7.05 Å². The van der Waals surface area contributed by atoms with Gasteiger partial charge < -0.3 is 9.94 Å². The Morgan fingerprint density at radius 3 is 2.60 bits per heavy atom. The highest BCUT2D eigenvalue weighted by molar-refractivity contribution is 5.82. The van der Waals surface area contributed by atoms with Crippen molar-refractivity contribution in [3.63, 3.8) is 0 Å². The van der Waals surface area contributed by atoms with Gasteiger partial charge in [0.2, 0.25) is 0 Å². The van der Waals surface area contributed by atoms with Crippen LogP contribution < -0.4 is 10.4 Å². The largest absolute Gasteiger partial charge is 0.489 e. The molecule has 0 atom stereocenters. The number of tetrazole rings is 1. The minimum atomic E-state index is -0.296. The topological polar surface area (TPSA) is 112 Å². The molecule has 10 nitrogen and oxygen atoms in total. The fraction of sp³-hybridized carbons (Fsp3) is 0.320. The smallest absolute Gasteiger partial charge is 0.368 e. The molecule has 0 spiro atoms. The summed E-state index contributed by atoms with van der Waals surface area (Å²) in [5.74, 6) is 1.22. The molecule has 35 heavy (non-hydrogen) atoms. The summed E-state index contributed by atoms with van der Waals surface area (Å²) < 4.78 is 10.7. The van der Waals surface area contributed by atoms with Gasteiger partial charge in [0.15, 0.2) is 0 Å². The third kappa shape index (κ3) is 4.11. The van der Waals surface area contributed by atoms with Gasteiger partial charge in [-0.2, -0.15) is 14.5 Å². The van der Waals surface area contributed by atoms with Gasteiger partial charge in [-0.05, 0) is 85.3 Å². The summed E-state index contributed by atoms with van der Waals surface area (Å²) in [5, 5.41) is 24.6. The number of hydrogen-bond acceptors (Lipinski definition) is 7. The van der Waals surface area contributed by atoms with E-state index in [-0.39, 0.29) is 5.69 Å². The second-order valence-corrected chi connectivity index (χ2v) is 8.90. The molecule has 0 aliphatic heterocycles. The molecule has 0 saturated heterocycles. The summed E-state index contributed by atoms with van der Waals surface area (Å²) >= 11 is 0. The molecule has 2 aromatic heterocycles. The lowest BCUT2D eigenvalue weighted by Crippen LogP contribution is -2.23. The van der Waals surface area contributed by atoms with Gasteiger partial charge in [0.25, 0.3) is 0 Å². The Bertz CT molecular complexity index is 1490. The van der Waals surface area contributed by atoms with Gasteiger partial charge in [0.1, 0.15) is 12.4 Å². The summed E-state index contributed by atoms with van der Waals surface area (Å²) in [5.41, 5.74) is 6.83. The molecule has 1 aliphatic rings. The van der Waals surface area contributed by atoms with Crippen molar-refractivity contribution in [3.8, 4) is 17.1 Å². The van der Waals surface area contributed by atoms with E-state index in [0.29, 0.717) is 18.2 Å². The van der Waals surface area contributed by atoms with Gasteiger partial charge in [0, 0.05) is 18.2 Å². The van der Waals surface area contributed by atoms with Crippen LogP contribution in [-0.2, 0) is 13.7 Å². The van der Waals surface area contributed by atoms with Crippen LogP contribution in [-0.4, -0.2) is 41.0 Å². The molecule has 4 aromatic rings. The van der Waals surface area contributed by atoms with Gasteiger partial charge in [0.05, 0.1) is 29.0 Å². The van der Waals surface area contributed by atoms with Crippen LogP contribution in [0.15, 0.2) is 46.3 Å². The molecular weight excluding hydrogens is 446 g/mol. The van der Waals surface area contributed by atoms with Gasteiger partial charge in [-0.1, -0.05) is 17.3 Å². The van der Waals surface area contributed by atoms with E-state index in [1.807, 2.05) is 55.8 Å². The Kier molecular flexibility index (Phi) is 5.72. The van der Waals surface area contributed by atoms with Crippen molar-refractivity contribution < 1.29 is 9.94 Å². The minimum absolute atomic E-state index is 0.296. The highest BCUT2D eigenvalue weighted by atomic mass is 16.5. The Morgan fingerprint density at radius 1 is 1.14 bits per heavy atom. The zero-order valence-corrected chi connectivity index (χ0v) is 20.1. The molecule has 2 aromatic carbocycles. The van der Waals surface area contributed by atoms with Crippen LogP contribution in [0, 0.1) is 20.8 Å². The van der Waals surface area contributed by atoms with Gasteiger partial charge in [-0.25, -0.2) is 9.48 Å². The fourth-order valence-corrected chi connectivity index (χ4v) is 4.42. The van der Waals surface area contributed by atoms with E-state index in [4.69, 9.17) is 9.94 Å². The summed E-state index contributed by atoms with van der Waals surface area (Å²) in [6.07, 6.45) is 3.66. The maximum Gasteiger partial charge on any atom is 0.368 e. The number of aromatic nitrogens is 6. The van der Waals surface area contributed by atoms with Crippen LogP contribution in [0.1, 0.15) is 52.4 Å². The molecule has 2 heterocycles. The van der Waals surface area contributed by atoms with Crippen LogP contribution in [0.3, 0.4) is 0 Å². The predicted octanol–water partition coefficient (Wildman–Crippen LogP) is 3.34. The van der Waals surface area contributed by atoms with E-state index in [0.717, 1.165) is 52.4 Å². The molecule has 0 radical (unpaired) electrons. The second kappa shape index (κ2) is 8.86. The SMILES string of the molecule is Cc1cc(-n2nc(C)c(/C=N/O)c2C)ccc1OCc1c(C2CC2)cccc1-n1nnn(C)c1=O. The Hall–Kier alpha value is -4.21. The molecule has 180 valence electrons. The predicted molar refractivity (Wildman–Crippen MR) is 130 cm³/mol. The molecule has 0 unspecified atom stereocenters. The standard InChI is InChI=1S/C25H27N7O3/c1-15-12-19(31-17(3)21(13-26-34)16(2)27-31)10-11-24(15)35-14-22-20(18-8-9-18)6-5-7-23(22)32-25(33)30(4)28-29-32/h5-7,10-13,18,34H,8-9,14H2,1-4H3/b26-13+. The second-order valence-electron chi connectivity index (χ2n) is 8.90. The molecule has 1 fully saturated rings. The monoisotopic (exact) mass is 473 g/mol. The van der Waals surface area contributed by atoms with Crippen LogP contribution in [0.25, 0.3) is 11.4 Å². The highest BCUT2D eigenvalue weighted by Gasteiger charge is 2.28. The molecule has 1 aliphatic carbocycles. The van der Waals surface area contributed by atoms with Crippen molar-refractivity contribution in [2.24, 2.45) is 12.2 Å². The minimum Gasteiger partial charge on any atom is -0.489 e. The van der Waals surface area contributed by atoms with Crippen molar-refractivity contribution in [2.75, 3.05) is 0 Å². The first-order valence-corrected chi connectivity index (χ1v) is 11.5. The average Bonchev–Trinajstić information content (AvgIpc) is 3.59. The number of oxime groups is 1. The summed E-state index contributed by atoms with van der Waals surface area (Å²) in [6, 6.07) is 11.8. The van der Waals surface area contributed by atoms with Crippen molar-refractivity contribution in [2.45, 2.75) is 46.1 Å². The summed E-state index contributed by atoms with van der Waals surface area (Å²) in [7, 11) is 1.58. The van der Waals surface area contributed by atoms with Crippen LogP contribution >= 0.6 is 0 Å². The first-order valence-electron chi connectivity index (χ1n) is 11.5. The normalized spacial score (nSPS) is 13.6. The van der Waals surface area contributed by atoms with E-state index < -0.39 is 0 Å². The lowest BCUT2D eigenvalue weighted by molar-refractivity contribution is 0.302. The van der Waals surface area contributed by atoms with Crippen molar-refractivity contribution in [3.05, 3.63) is 80.5 Å². The van der Waals surface area contributed by atoms with Crippen molar-refractivity contribution in [1.29, 1.82) is 0 Å². The Labute approximate surface area is 202 Å². The third-order valence-electron chi connectivity index (χ3n) is 6.46. The third-order valence-corrected chi connectivity index (χ3v) is 6.46. The number of nitrogens with zero attached hydrogens (tertiary/aromatic N) is 7. The molecule has 1 N–H and O–H groups in total. The first-order chi connectivity index (χ1) is 16.9. The molecule has 10 heteroatoms. The van der Waals surface area contributed by atoms with Crippen LogP contribution in [0.5, 0.6) is 5.75 Å². The molecule has 0 bridgehead atoms. The maximum absolute atomic E-state index is 12.5. The van der Waals surface area contributed by atoms with E-state index in [1.165, 1.54) is 21.1 Å². The van der Waals surface area contributed by atoms with E-state index in [2.05, 4.69) is 26.7 Å². The van der Waals surface area contributed by atoms with Gasteiger partial charge >= 0.3 is 5.69 Å². The zero-order valence-electron chi connectivity index (χ0n) is 20.1. The molecule has 0 amide bonds. The number of benzene rings is 2. The lowest BCUT2D eigenvalue weighted by Gasteiger charge is -2.16.